The minimum Gasteiger partial charge on any atom is -0.328 e. The highest BCUT2D eigenvalue weighted by Crippen LogP contribution is 2.08. The summed E-state index contributed by atoms with van der Waals surface area (Å²) >= 11 is 0. The van der Waals surface area contributed by atoms with E-state index in [0.29, 0.717) is 5.39 Å². The van der Waals surface area contributed by atoms with Crippen LogP contribution < -0.4 is 5.56 Å². The Hall–Kier alpha value is -1.90. The maximum absolute atomic E-state index is 11.5. The molecule has 0 bridgehead atoms. The van der Waals surface area contributed by atoms with Crippen LogP contribution in [0.1, 0.15) is 6.92 Å². The summed E-state index contributed by atoms with van der Waals surface area (Å²) in [6.07, 6.45) is 5.59. The highest BCUT2D eigenvalue weighted by Gasteiger charge is 2.00. The predicted molar refractivity (Wildman–Crippen MR) is 60.8 cm³/mol. The number of aromatic nitrogens is 2. The molecule has 3 heteroatoms. The first kappa shape index (κ1) is 9.65. The van der Waals surface area contributed by atoms with Crippen molar-refractivity contribution >= 4 is 10.9 Å². The Morgan fingerprint density at radius 2 is 2.20 bits per heavy atom. The molecule has 0 aliphatic rings. The summed E-state index contributed by atoms with van der Waals surface area (Å²) in [6, 6.07) is 7.51. The molecule has 0 fully saturated rings. The van der Waals surface area contributed by atoms with Gasteiger partial charge >= 0.3 is 0 Å². The van der Waals surface area contributed by atoms with Gasteiger partial charge in [0.1, 0.15) is 0 Å². The Morgan fingerprint density at radius 3 is 3.00 bits per heavy atom. The zero-order valence-corrected chi connectivity index (χ0v) is 8.55. The first-order chi connectivity index (χ1) is 7.33. The topological polar surface area (TPSA) is 34.9 Å². The van der Waals surface area contributed by atoms with Crippen LogP contribution in [0.3, 0.4) is 0 Å². The Morgan fingerprint density at radius 1 is 1.40 bits per heavy atom. The summed E-state index contributed by atoms with van der Waals surface area (Å²) in [7, 11) is 0. The van der Waals surface area contributed by atoms with Crippen LogP contribution in [0, 0.1) is 0 Å². The van der Waals surface area contributed by atoms with Gasteiger partial charge in [-0.25, -0.2) is 0 Å². The number of hydrogen-bond donors (Lipinski definition) is 0. The Labute approximate surface area is 87.7 Å². The molecule has 0 saturated carbocycles. The predicted octanol–water partition coefficient (Wildman–Crippen LogP) is 1.97. The van der Waals surface area contributed by atoms with Crippen LogP contribution in [-0.4, -0.2) is 9.55 Å². The maximum Gasteiger partial charge on any atom is 0.280 e. The molecule has 1 aromatic heterocycles. The van der Waals surface area contributed by atoms with Gasteiger partial charge in [0, 0.05) is 6.54 Å². The van der Waals surface area contributed by atoms with Crippen molar-refractivity contribution in [3.8, 4) is 0 Å². The van der Waals surface area contributed by atoms with Gasteiger partial charge in [0.15, 0.2) is 0 Å². The molecule has 15 heavy (non-hydrogen) atoms. The summed E-state index contributed by atoms with van der Waals surface area (Å²) in [6.45, 7) is 2.71. The third-order valence-corrected chi connectivity index (χ3v) is 2.30. The van der Waals surface area contributed by atoms with Gasteiger partial charge in [-0.2, -0.15) is 4.98 Å². The van der Waals surface area contributed by atoms with Crippen LogP contribution in [0.2, 0.25) is 0 Å². The third-order valence-electron chi connectivity index (χ3n) is 2.30. The Kier molecular flexibility index (Phi) is 2.63. The van der Waals surface area contributed by atoms with Crippen molar-refractivity contribution in [2.45, 2.75) is 13.5 Å². The SMILES string of the molecule is C/C=C/Cn1cnc(=O)c2ccccc21. The molecule has 0 atom stereocenters. The number of allylic oxidation sites excluding steroid dienone is 2. The molecule has 3 nitrogen and oxygen atoms in total. The molecular formula is C12H12N2O. The van der Waals surface area contributed by atoms with Gasteiger partial charge < -0.3 is 4.57 Å². The minimum atomic E-state index is -0.165. The second kappa shape index (κ2) is 4.09. The molecule has 0 amide bonds. The average Bonchev–Trinajstić information content (AvgIpc) is 2.29. The molecule has 0 unspecified atom stereocenters. The van der Waals surface area contributed by atoms with Crippen LogP contribution in [0.25, 0.3) is 10.9 Å². The van der Waals surface area contributed by atoms with Crippen molar-refractivity contribution < 1.29 is 0 Å². The molecule has 0 saturated heterocycles. The fraction of sp³-hybridized carbons (Fsp3) is 0.167. The number of nitrogens with zero attached hydrogens (tertiary/aromatic N) is 2. The van der Waals surface area contributed by atoms with Crippen molar-refractivity contribution in [3.63, 3.8) is 0 Å². The van der Waals surface area contributed by atoms with E-state index in [9.17, 15) is 4.79 Å². The van der Waals surface area contributed by atoms with Gasteiger partial charge in [-0.1, -0.05) is 24.3 Å². The lowest BCUT2D eigenvalue weighted by Crippen LogP contribution is -2.11. The number of rotatable bonds is 2. The van der Waals surface area contributed by atoms with Crippen LogP contribution >= 0.6 is 0 Å². The van der Waals surface area contributed by atoms with Crippen LogP contribution in [0.5, 0.6) is 0 Å². The van der Waals surface area contributed by atoms with E-state index >= 15 is 0 Å². The lowest BCUT2D eigenvalue weighted by atomic mass is 10.2. The first-order valence-corrected chi connectivity index (χ1v) is 4.88. The van der Waals surface area contributed by atoms with E-state index in [1.165, 1.54) is 0 Å². The van der Waals surface area contributed by atoms with Gasteiger partial charge in [-0.05, 0) is 19.1 Å². The first-order valence-electron chi connectivity index (χ1n) is 4.88. The summed E-state index contributed by atoms with van der Waals surface area (Å²) < 4.78 is 1.96. The molecule has 0 aliphatic heterocycles. The van der Waals surface area contributed by atoms with Crippen LogP contribution in [-0.2, 0) is 6.54 Å². The highest BCUT2D eigenvalue weighted by molar-refractivity contribution is 5.77. The van der Waals surface area contributed by atoms with Gasteiger partial charge in [0.25, 0.3) is 5.56 Å². The minimum absolute atomic E-state index is 0.165. The quantitative estimate of drug-likeness (QED) is 0.695. The normalized spacial score (nSPS) is 11.3. The fourth-order valence-electron chi connectivity index (χ4n) is 1.52. The van der Waals surface area contributed by atoms with E-state index in [0.717, 1.165) is 12.1 Å². The van der Waals surface area contributed by atoms with E-state index < -0.39 is 0 Å². The van der Waals surface area contributed by atoms with Gasteiger partial charge in [-0.3, -0.25) is 4.79 Å². The Bertz CT molecular complexity index is 555. The van der Waals surface area contributed by atoms with Crippen molar-refractivity contribution in [2.75, 3.05) is 0 Å². The zero-order valence-electron chi connectivity index (χ0n) is 8.55. The second-order valence-electron chi connectivity index (χ2n) is 3.29. The maximum atomic E-state index is 11.5. The van der Waals surface area contributed by atoms with Crippen molar-refractivity contribution in [1.82, 2.24) is 9.55 Å². The van der Waals surface area contributed by atoms with E-state index in [1.807, 2.05) is 41.8 Å². The standard InChI is InChI=1S/C12H12N2O/c1-2-3-8-14-9-13-12(15)10-6-4-5-7-11(10)14/h2-7,9H,8H2,1H3/b3-2+. The molecule has 0 radical (unpaired) electrons. The van der Waals surface area contributed by atoms with Crippen molar-refractivity contribution in [1.29, 1.82) is 0 Å². The lowest BCUT2D eigenvalue weighted by molar-refractivity contribution is 0.818. The molecule has 1 heterocycles. The molecule has 2 rings (SSSR count). The fourth-order valence-corrected chi connectivity index (χ4v) is 1.52. The van der Waals surface area contributed by atoms with Gasteiger partial charge in [0.05, 0.1) is 17.2 Å². The molecular weight excluding hydrogens is 188 g/mol. The lowest BCUT2D eigenvalue weighted by Gasteiger charge is -2.06. The van der Waals surface area contributed by atoms with E-state index in [2.05, 4.69) is 4.98 Å². The van der Waals surface area contributed by atoms with Gasteiger partial charge in [0.2, 0.25) is 0 Å². The number of hydrogen-bond acceptors (Lipinski definition) is 2. The summed E-state index contributed by atoms with van der Waals surface area (Å²) in [5.74, 6) is 0. The van der Waals surface area contributed by atoms with E-state index in [-0.39, 0.29) is 5.56 Å². The van der Waals surface area contributed by atoms with Crippen LogP contribution in [0.15, 0.2) is 47.5 Å². The molecule has 0 spiro atoms. The van der Waals surface area contributed by atoms with Crippen LogP contribution in [0.4, 0.5) is 0 Å². The number of benzene rings is 1. The van der Waals surface area contributed by atoms with E-state index in [1.54, 1.807) is 12.4 Å². The molecule has 0 aliphatic carbocycles. The molecule has 1 aromatic carbocycles. The molecule has 76 valence electrons. The third kappa shape index (κ3) is 1.81. The largest absolute Gasteiger partial charge is 0.328 e. The molecule has 0 N–H and O–H groups in total. The van der Waals surface area contributed by atoms with Gasteiger partial charge in [-0.15, -0.1) is 0 Å². The summed E-state index contributed by atoms with van der Waals surface area (Å²) in [5.41, 5.74) is 0.762. The summed E-state index contributed by atoms with van der Waals surface area (Å²) in [5, 5.41) is 0.671. The monoisotopic (exact) mass is 200 g/mol. The second-order valence-corrected chi connectivity index (χ2v) is 3.29. The molecule has 2 aromatic rings. The smallest absolute Gasteiger partial charge is 0.280 e. The number of fused-ring (bicyclic) bond motifs is 1. The highest BCUT2D eigenvalue weighted by atomic mass is 16.1. The van der Waals surface area contributed by atoms with Crippen molar-refractivity contribution in [3.05, 3.63) is 53.1 Å². The van der Waals surface area contributed by atoms with Crippen molar-refractivity contribution in [2.24, 2.45) is 0 Å². The zero-order chi connectivity index (χ0) is 10.7. The Balaban J connectivity index is 2.66. The summed E-state index contributed by atoms with van der Waals surface area (Å²) in [4.78, 5) is 15.3. The average molecular weight is 200 g/mol. The van der Waals surface area contributed by atoms with E-state index in [4.69, 9.17) is 0 Å². The number of para-hydroxylation sites is 1.